The van der Waals surface area contributed by atoms with Crippen LogP contribution in [0.5, 0.6) is 0 Å². The zero-order valence-electron chi connectivity index (χ0n) is 14.9. The number of halogens is 2. The molecule has 0 fully saturated rings. The predicted octanol–water partition coefficient (Wildman–Crippen LogP) is 4.37. The lowest BCUT2D eigenvalue weighted by Crippen LogP contribution is -2.38. The third-order valence-electron chi connectivity index (χ3n) is 3.66. The molecular formula is C18H26ClIN4S. The summed E-state index contributed by atoms with van der Waals surface area (Å²) in [5, 5.41) is 8.61. The van der Waals surface area contributed by atoms with Crippen molar-refractivity contribution in [3.05, 3.63) is 50.4 Å². The molecule has 25 heavy (non-hydrogen) atoms. The molecular weight excluding hydrogens is 467 g/mol. The maximum atomic E-state index is 6.19. The molecule has 7 heteroatoms. The highest BCUT2D eigenvalue weighted by Gasteiger charge is 2.04. The van der Waals surface area contributed by atoms with E-state index in [0.717, 1.165) is 59.7 Å². The van der Waals surface area contributed by atoms with Crippen molar-refractivity contribution in [2.45, 2.75) is 33.6 Å². The number of hydrogen-bond acceptors (Lipinski definition) is 3. The van der Waals surface area contributed by atoms with Crippen LogP contribution in [0.3, 0.4) is 0 Å². The van der Waals surface area contributed by atoms with E-state index in [-0.39, 0.29) is 24.0 Å². The van der Waals surface area contributed by atoms with Crippen LogP contribution in [0.1, 0.15) is 28.1 Å². The van der Waals surface area contributed by atoms with Gasteiger partial charge in [-0.1, -0.05) is 29.8 Å². The average Bonchev–Trinajstić information content (AvgIpc) is 2.87. The Hall–Kier alpha value is -0.860. The zero-order chi connectivity index (χ0) is 17.4. The minimum atomic E-state index is 0. The van der Waals surface area contributed by atoms with Crippen LogP contribution >= 0.6 is 46.9 Å². The smallest absolute Gasteiger partial charge is 0.191 e. The van der Waals surface area contributed by atoms with E-state index >= 15 is 0 Å². The van der Waals surface area contributed by atoms with E-state index in [9.17, 15) is 0 Å². The summed E-state index contributed by atoms with van der Waals surface area (Å²) in [5.41, 5.74) is 2.28. The standard InChI is InChI=1S/C18H25ClN4S.HI/c1-4-20-18(21-11-9-15-7-5-6-8-16(15)19)22-12-10-17-23-13(2)14(3)24-17;/h5-8H,4,9-12H2,1-3H3,(H2,20,21,22);1H. The summed E-state index contributed by atoms with van der Waals surface area (Å²) in [5.74, 6) is 0.842. The van der Waals surface area contributed by atoms with Crippen molar-refractivity contribution in [2.75, 3.05) is 19.6 Å². The average molecular weight is 493 g/mol. The van der Waals surface area contributed by atoms with Crippen molar-refractivity contribution in [3.8, 4) is 0 Å². The molecule has 0 atom stereocenters. The lowest BCUT2D eigenvalue weighted by Gasteiger charge is -2.11. The van der Waals surface area contributed by atoms with Crippen molar-refractivity contribution >= 4 is 52.9 Å². The Morgan fingerprint density at radius 2 is 1.96 bits per heavy atom. The largest absolute Gasteiger partial charge is 0.357 e. The highest BCUT2D eigenvalue weighted by Crippen LogP contribution is 2.17. The van der Waals surface area contributed by atoms with Gasteiger partial charge >= 0.3 is 0 Å². The van der Waals surface area contributed by atoms with Gasteiger partial charge in [0.05, 0.1) is 10.7 Å². The number of hydrogen-bond donors (Lipinski definition) is 2. The molecule has 0 bridgehead atoms. The number of nitrogens with one attached hydrogen (secondary N) is 2. The van der Waals surface area contributed by atoms with E-state index in [1.807, 2.05) is 18.2 Å². The van der Waals surface area contributed by atoms with Gasteiger partial charge in [0.2, 0.25) is 0 Å². The highest BCUT2D eigenvalue weighted by molar-refractivity contribution is 14.0. The number of benzene rings is 1. The molecule has 2 aromatic rings. The van der Waals surface area contributed by atoms with Gasteiger partial charge in [0.1, 0.15) is 0 Å². The highest BCUT2D eigenvalue weighted by atomic mass is 127. The number of guanidine groups is 1. The number of thiazole rings is 1. The van der Waals surface area contributed by atoms with Crippen LogP contribution in [0.15, 0.2) is 29.3 Å². The Morgan fingerprint density at radius 3 is 2.60 bits per heavy atom. The molecule has 0 aliphatic carbocycles. The zero-order valence-corrected chi connectivity index (χ0v) is 18.8. The fourth-order valence-electron chi connectivity index (χ4n) is 2.27. The van der Waals surface area contributed by atoms with Crippen molar-refractivity contribution in [1.82, 2.24) is 15.6 Å². The fourth-order valence-corrected chi connectivity index (χ4v) is 3.42. The molecule has 0 unspecified atom stereocenters. The van der Waals surface area contributed by atoms with E-state index in [4.69, 9.17) is 11.6 Å². The quantitative estimate of drug-likeness (QED) is 0.343. The van der Waals surface area contributed by atoms with E-state index < -0.39 is 0 Å². The minimum Gasteiger partial charge on any atom is -0.357 e. The second-order valence-electron chi connectivity index (χ2n) is 5.53. The Bertz CT molecular complexity index is 668. The van der Waals surface area contributed by atoms with Gasteiger partial charge in [-0.05, 0) is 38.8 Å². The van der Waals surface area contributed by atoms with Crippen LogP contribution in [0.25, 0.3) is 0 Å². The first-order valence-electron chi connectivity index (χ1n) is 8.28. The van der Waals surface area contributed by atoms with Crippen LogP contribution in [0, 0.1) is 13.8 Å². The van der Waals surface area contributed by atoms with Crippen molar-refractivity contribution < 1.29 is 0 Å². The van der Waals surface area contributed by atoms with Crippen molar-refractivity contribution in [1.29, 1.82) is 0 Å². The molecule has 0 saturated carbocycles. The van der Waals surface area contributed by atoms with Crippen LogP contribution in [-0.4, -0.2) is 30.6 Å². The van der Waals surface area contributed by atoms with Gasteiger partial charge in [0.25, 0.3) is 0 Å². The molecule has 2 rings (SSSR count). The van der Waals surface area contributed by atoms with Crippen LogP contribution < -0.4 is 10.6 Å². The first-order chi connectivity index (χ1) is 11.6. The third kappa shape index (κ3) is 7.50. The Morgan fingerprint density at radius 1 is 1.20 bits per heavy atom. The van der Waals surface area contributed by atoms with Crippen LogP contribution in [-0.2, 0) is 12.8 Å². The Labute approximate surface area is 176 Å². The first-order valence-corrected chi connectivity index (χ1v) is 9.48. The Balaban J connectivity index is 0.00000312. The number of rotatable bonds is 7. The third-order valence-corrected chi connectivity index (χ3v) is 5.16. The Kier molecular flexibility index (Phi) is 10.4. The predicted molar refractivity (Wildman–Crippen MR) is 120 cm³/mol. The van der Waals surface area contributed by atoms with Gasteiger partial charge in [-0.2, -0.15) is 0 Å². The summed E-state index contributed by atoms with van der Waals surface area (Å²) < 4.78 is 0. The minimum absolute atomic E-state index is 0. The lowest BCUT2D eigenvalue weighted by atomic mass is 10.1. The van der Waals surface area contributed by atoms with E-state index in [1.165, 1.54) is 4.88 Å². The monoisotopic (exact) mass is 492 g/mol. The van der Waals surface area contributed by atoms with Crippen LogP contribution in [0.4, 0.5) is 0 Å². The maximum absolute atomic E-state index is 6.19. The van der Waals surface area contributed by atoms with E-state index in [1.54, 1.807) is 11.3 Å². The molecule has 0 aliphatic rings. The SMILES string of the molecule is CCNC(=NCCc1nc(C)c(C)s1)NCCc1ccccc1Cl.I. The molecule has 1 aromatic heterocycles. The molecule has 1 heterocycles. The molecule has 1 aromatic carbocycles. The number of nitrogens with zero attached hydrogens (tertiary/aromatic N) is 2. The van der Waals surface area contributed by atoms with Gasteiger partial charge in [-0.3, -0.25) is 4.99 Å². The summed E-state index contributed by atoms with van der Waals surface area (Å²) in [6.07, 6.45) is 1.75. The number of aryl methyl sites for hydroxylation is 2. The summed E-state index contributed by atoms with van der Waals surface area (Å²) in [7, 11) is 0. The number of aromatic nitrogens is 1. The van der Waals surface area contributed by atoms with Gasteiger partial charge in [-0.15, -0.1) is 35.3 Å². The molecule has 0 amide bonds. The molecule has 138 valence electrons. The lowest BCUT2D eigenvalue weighted by molar-refractivity contribution is 0.796. The topological polar surface area (TPSA) is 49.3 Å². The van der Waals surface area contributed by atoms with Crippen LogP contribution in [0.2, 0.25) is 5.02 Å². The molecule has 0 radical (unpaired) electrons. The summed E-state index contributed by atoms with van der Waals surface area (Å²) in [4.78, 5) is 10.5. The fraction of sp³-hybridized carbons (Fsp3) is 0.444. The van der Waals surface area contributed by atoms with Gasteiger partial charge < -0.3 is 10.6 Å². The molecule has 2 N–H and O–H groups in total. The van der Waals surface area contributed by atoms with Crippen molar-refractivity contribution in [3.63, 3.8) is 0 Å². The van der Waals surface area contributed by atoms with E-state index in [2.05, 4.69) is 47.4 Å². The molecule has 4 nitrogen and oxygen atoms in total. The maximum Gasteiger partial charge on any atom is 0.191 e. The normalized spacial score (nSPS) is 11.1. The molecule has 0 spiro atoms. The van der Waals surface area contributed by atoms with Gasteiger partial charge in [0.15, 0.2) is 5.96 Å². The van der Waals surface area contributed by atoms with Gasteiger partial charge in [-0.25, -0.2) is 4.98 Å². The first kappa shape index (κ1) is 22.2. The summed E-state index contributed by atoms with van der Waals surface area (Å²) in [6, 6.07) is 7.95. The summed E-state index contributed by atoms with van der Waals surface area (Å²) in [6.45, 7) is 8.60. The molecule has 0 saturated heterocycles. The van der Waals surface area contributed by atoms with Gasteiger partial charge in [0, 0.05) is 36.0 Å². The number of aliphatic imine (C=N–C) groups is 1. The second-order valence-corrected chi connectivity index (χ2v) is 7.22. The van der Waals surface area contributed by atoms with Crippen molar-refractivity contribution in [2.24, 2.45) is 4.99 Å². The summed E-state index contributed by atoms with van der Waals surface area (Å²) >= 11 is 7.95. The molecule has 0 aliphatic heterocycles. The second kappa shape index (κ2) is 11.7. The van der Waals surface area contributed by atoms with E-state index in [0.29, 0.717) is 0 Å².